The van der Waals surface area contributed by atoms with Gasteiger partial charge in [0.25, 0.3) is 5.91 Å². The summed E-state index contributed by atoms with van der Waals surface area (Å²) in [4.78, 5) is 28.6. The van der Waals surface area contributed by atoms with Crippen LogP contribution in [0, 0.1) is 0 Å². The summed E-state index contributed by atoms with van der Waals surface area (Å²) in [5.41, 5.74) is 1.59. The van der Waals surface area contributed by atoms with E-state index in [4.69, 9.17) is 4.74 Å². The van der Waals surface area contributed by atoms with Crippen LogP contribution in [0.3, 0.4) is 0 Å². The summed E-state index contributed by atoms with van der Waals surface area (Å²) in [7, 11) is 0. The second-order valence-electron chi connectivity index (χ2n) is 6.21. The molecule has 3 rings (SSSR count). The molecule has 0 atom stereocenters. The number of nitrogens with zero attached hydrogens (tertiary/aromatic N) is 2. The molecule has 130 valence electrons. The third kappa shape index (κ3) is 4.06. The molecule has 0 aliphatic carbocycles. The molecule has 0 radical (unpaired) electrons. The van der Waals surface area contributed by atoms with Gasteiger partial charge in [-0.05, 0) is 25.0 Å². The molecule has 0 unspecified atom stereocenters. The van der Waals surface area contributed by atoms with E-state index in [9.17, 15) is 9.59 Å². The summed E-state index contributed by atoms with van der Waals surface area (Å²) in [5.74, 6) is 0.0144. The van der Waals surface area contributed by atoms with E-state index in [0.29, 0.717) is 31.7 Å². The van der Waals surface area contributed by atoms with Gasteiger partial charge in [-0.25, -0.2) is 0 Å². The highest BCUT2D eigenvalue weighted by Crippen LogP contribution is 2.21. The van der Waals surface area contributed by atoms with Crippen molar-refractivity contribution in [3.63, 3.8) is 0 Å². The Hall–Kier alpha value is -2.08. The molecular weight excluding hydrogens is 306 g/mol. The number of nitrogens with one attached hydrogen (secondary N) is 1. The van der Waals surface area contributed by atoms with Gasteiger partial charge in [0.2, 0.25) is 5.91 Å². The highest BCUT2D eigenvalue weighted by atomic mass is 16.5. The first kappa shape index (κ1) is 16.8. The fourth-order valence-corrected chi connectivity index (χ4v) is 3.25. The number of hydrogen-bond acceptors (Lipinski definition) is 4. The number of anilines is 1. The van der Waals surface area contributed by atoms with E-state index in [0.717, 1.165) is 44.7 Å². The van der Waals surface area contributed by atoms with Gasteiger partial charge in [0.15, 0.2) is 0 Å². The Morgan fingerprint density at radius 2 is 1.75 bits per heavy atom. The Labute approximate surface area is 142 Å². The van der Waals surface area contributed by atoms with Crippen molar-refractivity contribution in [3.8, 4) is 0 Å². The molecule has 2 heterocycles. The van der Waals surface area contributed by atoms with Gasteiger partial charge in [-0.15, -0.1) is 0 Å². The van der Waals surface area contributed by atoms with E-state index < -0.39 is 0 Å². The van der Waals surface area contributed by atoms with Gasteiger partial charge in [-0.3, -0.25) is 9.59 Å². The van der Waals surface area contributed by atoms with Crippen molar-refractivity contribution in [3.05, 3.63) is 29.8 Å². The minimum absolute atomic E-state index is 0.119. The molecule has 1 N–H and O–H groups in total. The van der Waals surface area contributed by atoms with Crippen LogP contribution in [0.2, 0.25) is 0 Å². The first-order chi connectivity index (χ1) is 11.8. The molecule has 0 bridgehead atoms. The van der Waals surface area contributed by atoms with Crippen LogP contribution in [0.15, 0.2) is 24.3 Å². The number of hydrogen-bond donors (Lipinski definition) is 1. The molecule has 2 aliphatic rings. The summed E-state index contributed by atoms with van der Waals surface area (Å²) in [6.45, 7) is 5.03. The molecule has 6 nitrogen and oxygen atoms in total. The largest absolute Gasteiger partial charge is 0.378 e. The third-order valence-corrected chi connectivity index (χ3v) is 4.58. The number of morpholine rings is 1. The quantitative estimate of drug-likeness (QED) is 0.882. The first-order valence-electron chi connectivity index (χ1n) is 8.73. The number of carbonyl (C=O) groups is 2. The van der Waals surface area contributed by atoms with E-state index in [1.807, 2.05) is 29.2 Å². The number of para-hydroxylation sites is 1. The van der Waals surface area contributed by atoms with Crippen LogP contribution in [-0.2, 0) is 9.53 Å². The lowest BCUT2D eigenvalue weighted by atomic mass is 10.1. The number of likely N-dealkylation sites (tertiary alicyclic amines) is 1. The zero-order valence-electron chi connectivity index (χ0n) is 14.0. The molecule has 6 heteroatoms. The summed E-state index contributed by atoms with van der Waals surface area (Å²) in [6, 6.07) is 7.62. The van der Waals surface area contributed by atoms with Gasteiger partial charge < -0.3 is 19.9 Å². The van der Waals surface area contributed by atoms with Crippen molar-refractivity contribution in [1.82, 2.24) is 10.2 Å². The third-order valence-electron chi connectivity index (χ3n) is 4.58. The van der Waals surface area contributed by atoms with Crippen LogP contribution in [-0.4, -0.2) is 62.7 Å². The lowest BCUT2D eigenvalue weighted by molar-refractivity contribution is -0.129. The minimum Gasteiger partial charge on any atom is -0.378 e. The maximum atomic E-state index is 12.5. The number of benzene rings is 1. The summed E-state index contributed by atoms with van der Waals surface area (Å²) in [5, 5.41) is 2.89. The van der Waals surface area contributed by atoms with Crippen molar-refractivity contribution >= 4 is 17.5 Å². The van der Waals surface area contributed by atoms with Gasteiger partial charge in [0.05, 0.1) is 18.8 Å². The molecule has 0 aromatic heterocycles. The van der Waals surface area contributed by atoms with E-state index >= 15 is 0 Å². The summed E-state index contributed by atoms with van der Waals surface area (Å²) < 4.78 is 5.38. The zero-order valence-corrected chi connectivity index (χ0v) is 14.0. The Morgan fingerprint density at radius 3 is 2.50 bits per heavy atom. The molecule has 0 spiro atoms. The summed E-state index contributed by atoms with van der Waals surface area (Å²) >= 11 is 0. The molecule has 2 amide bonds. The van der Waals surface area contributed by atoms with Crippen LogP contribution in [0.25, 0.3) is 0 Å². The van der Waals surface area contributed by atoms with Gasteiger partial charge in [0.1, 0.15) is 0 Å². The average Bonchev–Trinajstić information content (AvgIpc) is 3.17. The number of amides is 2. The molecule has 1 aromatic rings. The fourth-order valence-electron chi connectivity index (χ4n) is 3.25. The Balaban J connectivity index is 1.55. The van der Waals surface area contributed by atoms with E-state index in [2.05, 4.69) is 10.2 Å². The normalized spacial score (nSPS) is 17.8. The van der Waals surface area contributed by atoms with Crippen LogP contribution in [0.4, 0.5) is 5.69 Å². The number of rotatable bonds is 5. The van der Waals surface area contributed by atoms with E-state index in [1.165, 1.54) is 0 Å². The van der Waals surface area contributed by atoms with Crippen LogP contribution in [0.1, 0.15) is 29.6 Å². The lowest BCUT2D eigenvalue weighted by Crippen LogP contribution is -2.38. The van der Waals surface area contributed by atoms with Crippen molar-refractivity contribution in [2.24, 2.45) is 0 Å². The molecular formula is C18H25N3O3. The SMILES string of the molecule is O=C(NCCC(=O)N1CCCC1)c1ccccc1N1CCOCC1. The Morgan fingerprint density at radius 1 is 1.04 bits per heavy atom. The van der Waals surface area contributed by atoms with E-state index in [1.54, 1.807) is 0 Å². The molecule has 1 aromatic carbocycles. The maximum absolute atomic E-state index is 12.5. The Bertz CT molecular complexity index is 579. The van der Waals surface area contributed by atoms with Crippen molar-refractivity contribution in [2.45, 2.75) is 19.3 Å². The molecule has 2 saturated heterocycles. The zero-order chi connectivity index (χ0) is 16.8. The van der Waals surface area contributed by atoms with E-state index in [-0.39, 0.29) is 11.8 Å². The van der Waals surface area contributed by atoms with Gasteiger partial charge in [0, 0.05) is 44.8 Å². The monoisotopic (exact) mass is 331 g/mol. The first-order valence-corrected chi connectivity index (χ1v) is 8.73. The number of carbonyl (C=O) groups excluding carboxylic acids is 2. The second-order valence-corrected chi connectivity index (χ2v) is 6.21. The van der Waals surface area contributed by atoms with Crippen LogP contribution >= 0.6 is 0 Å². The van der Waals surface area contributed by atoms with Crippen LogP contribution < -0.4 is 10.2 Å². The second kappa shape index (κ2) is 8.15. The van der Waals surface area contributed by atoms with Crippen molar-refractivity contribution in [1.29, 1.82) is 0 Å². The highest BCUT2D eigenvalue weighted by molar-refractivity contribution is 6.00. The van der Waals surface area contributed by atoms with Gasteiger partial charge >= 0.3 is 0 Å². The highest BCUT2D eigenvalue weighted by Gasteiger charge is 2.20. The lowest BCUT2D eigenvalue weighted by Gasteiger charge is -2.30. The van der Waals surface area contributed by atoms with Crippen LogP contribution in [0.5, 0.6) is 0 Å². The standard InChI is InChI=1S/C18H25N3O3/c22-17(21-9-3-4-10-21)7-8-19-18(23)15-5-1-2-6-16(15)20-11-13-24-14-12-20/h1-2,5-6H,3-4,7-14H2,(H,19,23). The molecule has 24 heavy (non-hydrogen) atoms. The predicted octanol–water partition coefficient (Wildman–Crippen LogP) is 1.27. The molecule has 2 aliphatic heterocycles. The van der Waals surface area contributed by atoms with Crippen molar-refractivity contribution in [2.75, 3.05) is 50.8 Å². The predicted molar refractivity (Wildman–Crippen MR) is 92.2 cm³/mol. The molecule has 0 saturated carbocycles. The van der Waals surface area contributed by atoms with Crippen molar-refractivity contribution < 1.29 is 14.3 Å². The molecule has 2 fully saturated rings. The van der Waals surface area contributed by atoms with Gasteiger partial charge in [-0.1, -0.05) is 12.1 Å². The minimum atomic E-state index is -0.119. The smallest absolute Gasteiger partial charge is 0.253 e. The maximum Gasteiger partial charge on any atom is 0.253 e. The van der Waals surface area contributed by atoms with Gasteiger partial charge in [-0.2, -0.15) is 0 Å². The summed E-state index contributed by atoms with van der Waals surface area (Å²) in [6.07, 6.45) is 2.54. The topological polar surface area (TPSA) is 61.9 Å². The average molecular weight is 331 g/mol. The number of ether oxygens (including phenoxy) is 1. The fraction of sp³-hybridized carbons (Fsp3) is 0.556. The Kier molecular flexibility index (Phi) is 5.69.